The summed E-state index contributed by atoms with van der Waals surface area (Å²) in [6, 6.07) is 5.28. The molecule has 2 aliphatic heterocycles. The molecule has 3 heterocycles. The summed E-state index contributed by atoms with van der Waals surface area (Å²) >= 11 is 0. The van der Waals surface area contributed by atoms with E-state index in [1.807, 2.05) is 18.2 Å². The fourth-order valence-corrected chi connectivity index (χ4v) is 4.75. The number of piperidine rings is 2. The van der Waals surface area contributed by atoms with Gasteiger partial charge in [0, 0.05) is 38.7 Å². The van der Waals surface area contributed by atoms with Gasteiger partial charge in [-0.1, -0.05) is 0 Å². The Bertz CT molecular complexity index is 1030. The standard InChI is InChI=1S/C22H28N4O4/c1-24-19-14-16(25-11-9-15(10-12-25)4-2-3-13-27)5-6-17(19)26(22(24)30)18-7-8-20(28)23-21(18)29/h5-6,13-15,18H,2-4,7-12H2,1H3,(H,23,28,29). The summed E-state index contributed by atoms with van der Waals surface area (Å²) in [6.07, 6.45) is 6.50. The Morgan fingerprint density at radius 3 is 2.57 bits per heavy atom. The van der Waals surface area contributed by atoms with Gasteiger partial charge in [-0.15, -0.1) is 0 Å². The molecule has 1 atom stereocenters. The number of rotatable bonds is 6. The molecule has 8 nitrogen and oxygen atoms in total. The molecule has 1 unspecified atom stereocenters. The molecule has 2 aliphatic rings. The lowest BCUT2D eigenvalue weighted by atomic mass is 9.91. The summed E-state index contributed by atoms with van der Waals surface area (Å²) in [4.78, 5) is 49.5. The van der Waals surface area contributed by atoms with Crippen LogP contribution in [0.5, 0.6) is 0 Å². The highest BCUT2D eigenvalue weighted by molar-refractivity contribution is 6.00. The van der Waals surface area contributed by atoms with Gasteiger partial charge in [-0.05, 0) is 56.2 Å². The largest absolute Gasteiger partial charge is 0.371 e. The summed E-state index contributed by atoms with van der Waals surface area (Å²) in [5.41, 5.74) is 2.33. The minimum Gasteiger partial charge on any atom is -0.371 e. The zero-order valence-corrected chi connectivity index (χ0v) is 17.3. The van der Waals surface area contributed by atoms with Crippen LogP contribution in [0.4, 0.5) is 5.69 Å². The van der Waals surface area contributed by atoms with E-state index in [4.69, 9.17) is 0 Å². The van der Waals surface area contributed by atoms with Gasteiger partial charge >= 0.3 is 5.69 Å². The van der Waals surface area contributed by atoms with Crippen LogP contribution in [0.3, 0.4) is 0 Å². The zero-order chi connectivity index (χ0) is 21.3. The van der Waals surface area contributed by atoms with Gasteiger partial charge in [0.15, 0.2) is 0 Å². The van der Waals surface area contributed by atoms with Crippen LogP contribution in [0, 0.1) is 5.92 Å². The maximum Gasteiger partial charge on any atom is 0.329 e. The van der Waals surface area contributed by atoms with Crippen molar-refractivity contribution >= 4 is 34.8 Å². The molecule has 0 aliphatic carbocycles. The van der Waals surface area contributed by atoms with E-state index in [1.165, 1.54) is 4.57 Å². The molecule has 1 aromatic heterocycles. The van der Waals surface area contributed by atoms with Crippen LogP contribution in [0.2, 0.25) is 0 Å². The van der Waals surface area contributed by atoms with Crippen molar-refractivity contribution in [3.63, 3.8) is 0 Å². The first-order chi connectivity index (χ1) is 14.5. The first kappa shape index (κ1) is 20.4. The molecule has 0 bridgehead atoms. The van der Waals surface area contributed by atoms with E-state index in [1.54, 1.807) is 11.6 Å². The second-order valence-corrected chi connectivity index (χ2v) is 8.38. The van der Waals surface area contributed by atoms with E-state index >= 15 is 0 Å². The number of benzene rings is 1. The van der Waals surface area contributed by atoms with Crippen LogP contribution in [0.15, 0.2) is 23.0 Å². The normalized spacial score (nSPS) is 20.6. The quantitative estimate of drug-likeness (QED) is 0.444. The molecule has 2 saturated heterocycles. The molecule has 1 aromatic carbocycles. The van der Waals surface area contributed by atoms with Crippen molar-refractivity contribution in [2.24, 2.45) is 13.0 Å². The van der Waals surface area contributed by atoms with Crippen molar-refractivity contribution < 1.29 is 14.4 Å². The lowest BCUT2D eigenvalue weighted by Gasteiger charge is -2.33. The molecule has 2 aromatic rings. The van der Waals surface area contributed by atoms with Gasteiger partial charge in [0.25, 0.3) is 0 Å². The second-order valence-electron chi connectivity index (χ2n) is 8.38. The number of unbranched alkanes of at least 4 members (excludes halogenated alkanes) is 1. The summed E-state index contributed by atoms with van der Waals surface area (Å²) < 4.78 is 3.09. The zero-order valence-electron chi connectivity index (χ0n) is 17.3. The second kappa shape index (κ2) is 8.45. The molecule has 0 radical (unpaired) electrons. The van der Waals surface area contributed by atoms with E-state index in [9.17, 15) is 19.2 Å². The highest BCUT2D eigenvalue weighted by Gasteiger charge is 2.31. The summed E-state index contributed by atoms with van der Waals surface area (Å²) in [5.74, 6) is -0.0362. The van der Waals surface area contributed by atoms with E-state index in [0.29, 0.717) is 24.3 Å². The number of fused-ring (bicyclic) bond motifs is 1. The van der Waals surface area contributed by atoms with Gasteiger partial charge in [0.05, 0.1) is 11.0 Å². The van der Waals surface area contributed by atoms with E-state index in [-0.39, 0.29) is 18.0 Å². The molecular formula is C22H28N4O4. The number of aryl methyl sites for hydroxylation is 1. The number of carbonyl (C=O) groups excluding carboxylic acids is 3. The maximum absolute atomic E-state index is 12.9. The Kier molecular flexibility index (Phi) is 5.74. The fourth-order valence-electron chi connectivity index (χ4n) is 4.75. The van der Waals surface area contributed by atoms with Gasteiger partial charge in [0.2, 0.25) is 11.8 Å². The first-order valence-corrected chi connectivity index (χ1v) is 10.7. The molecule has 0 saturated carbocycles. The minimum absolute atomic E-state index is 0.235. The predicted molar refractivity (Wildman–Crippen MR) is 113 cm³/mol. The van der Waals surface area contributed by atoms with Crippen molar-refractivity contribution in [3.05, 3.63) is 28.7 Å². The molecule has 2 amide bonds. The fraction of sp³-hybridized carbons (Fsp3) is 0.545. The summed E-state index contributed by atoms with van der Waals surface area (Å²) in [5, 5.41) is 2.34. The van der Waals surface area contributed by atoms with Crippen molar-refractivity contribution in [2.45, 2.75) is 51.0 Å². The lowest BCUT2D eigenvalue weighted by molar-refractivity contribution is -0.135. The summed E-state index contributed by atoms with van der Waals surface area (Å²) in [7, 11) is 1.72. The number of hydrogen-bond donors (Lipinski definition) is 1. The predicted octanol–water partition coefficient (Wildman–Crippen LogP) is 1.90. The third-order valence-electron chi connectivity index (χ3n) is 6.51. The monoisotopic (exact) mass is 412 g/mol. The highest BCUT2D eigenvalue weighted by Crippen LogP contribution is 2.30. The van der Waals surface area contributed by atoms with Crippen molar-refractivity contribution in [3.8, 4) is 0 Å². The molecule has 0 spiro atoms. The Hall–Kier alpha value is -2.90. The van der Waals surface area contributed by atoms with Gasteiger partial charge < -0.3 is 9.69 Å². The molecule has 4 rings (SSSR count). The third kappa shape index (κ3) is 3.78. The average Bonchev–Trinajstić information content (AvgIpc) is 2.99. The summed E-state index contributed by atoms with van der Waals surface area (Å²) in [6.45, 7) is 1.91. The van der Waals surface area contributed by atoms with Crippen LogP contribution in [-0.2, 0) is 21.4 Å². The van der Waals surface area contributed by atoms with Crippen LogP contribution < -0.4 is 15.9 Å². The SMILES string of the molecule is Cn1c(=O)n(C2CCC(=O)NC2=O)c2ccc(N3CCC(CCCC=O)CC3)cc21. The molecule has 2 fully saturated rings. The highest BCUT2D eigenvalue weighted by atomic mass is 16.2. The van der Waals surface area contributed by atoms with Crippen LogP contribution in [0.1, 0.15) is 51.0 Å². The number of hydrogen-bond acceptors (Lipinski definition) is 5. The molecule has 8 heteroatoms. The number of carbonyl (C=O) groups is 3. The van der Waals surface area contributed by atoms with Crippen LogP contribution in [0.25, 0.3) is 11.0 Å². The molecule has 160 valence electrons. The Labute approximate surface area is 174 Å². The van der Waals surface area contributed by atoms with E-state index in [2.05, 4.69) is 10.2 Å². The third-order valence-corrected chi connectivity index (χ3v) is 6.51. The molecule has 30 heavy (non-hydrogen) atoms. The average molecular weight is 412 g/mol. The minimum atomic E-state index is -0.660. The van der Waals surface area contributed by atoms with Gasteiger partial charge in [-0.2, -0.15) is 0 Å². The van der Waals surface area contributed by atoms with Gasteiger partial charge in [-0.25, -0.2) is 4.79 Å². The number of amides is 2. The van der Waals surface area contributed by atoms with Crippen molar-refractivity contribution in [1.29, 1.82) is 0 Å². The number of imidazole rings is 1. The number of nitrogens with zero attached hydrogens (tertiary/aromatic N) is 3. The number of aromatic nitrogens is 2. The van der Waals surface area contributed by atoms with Crippen molar-refractivity contribution in [1.82, 2.24) is 14.5 Å². The van der Waals surface area contributed by atoms with Crippen LogP contribution >= 0.6 is 0 Å². The Morgan fingerprint density at radius 2 is 1.87 bits per heavy atom. The lowest BCUT2D eigenvalue weighted by Crippen LogP contribution is -2.44. The molecule has 1 N–H and O–H groups in total. The first-order valence-electron chi connectivity index (χ1n) is 10.7. The number of anilines is 1. The topological polar surface area (TPSA) is 93.4 Å². The van der Waals surface area contributed by atoms with Gasteiger partial charge in [0.1, 0.15) is 12.3 Å². The number of aldehydes is 1. The van der Waals surface area contributed by atoms with Gasteiger partial charge in [-0.3, -0.25) is 24.0 Å². The van der Waals surface area contributed by atoms with E-state index < -0.39 is 11.9 Å². The van der Waals surface area contributed by atoms with Crippen molar-refractivity contribution in [2.75, 3.05) is 18.0 Å². The molecular weight excluding hydrogens is 384 g/mol. The van der Waals surface area contributed by atoms with E-state index in [0.717, 1.165) is 56.3 Å². The smallest absolute Gasteiger partial charge is 0.329 e. The number of nitrogens with one attached hydrogen (secondary N) is 1. The number of imide groups is 1. The Balaban J connectivity index is 1.55. The van der Waals surface area contributed by atoms with Crippen LogP contribution in [-0.4, -0.2) is 40.3 Å². The maximum atomic E-state index is 12.9. The Morgan fingerprint density at radius 1 is 1.10 bits per heavy atom.